The number of hydrogen-bond acceptors (Lipinski definition) is 5. The predicted octanol–water partition coefficient (Wildman–Crippen LogP) is -0.517. The zero-order valence-electron chi connectivity index (χ0n) is 17.4. The van der Waals surface area contributed by atoms with Crippen molar-refractivity contribution in [1.82, 2.24) is 15.5 Å². The van der Waals surface area contributed by atoms with E-state index in [9.17, 15) is 19.2 Å². The summed E-state index contributed by atoms with van der Waals surface area (Å²) in [6.45, 7) is 8.02. The molecule has 1 aliphatic rings. The highest BCUT2D eigenvalue weighted by Gasteiger charge is 2.37. The molecule has 3 atom stereocenters. The fourth-order valence-electron chi connectivity index (χ4n) is 3.39. The van der Waals surface area contributed by atoms with Gasteiger partial charge >= 0.3 is 0 Å². The first-order valence-electron chi connectivity index (χ1n) is 9.95. The van der Waals surface area contributed by atoms with Crippen LogP contribution in [0.3, 0.4) is 0 Å². The highest BCUT2D eigenvalue weighted by Crippen LogP contribution is 2.20. The lowest BCUT2D eigenvalue weighted by Gasteiger charge is -2.29. The highest BCUT2D eigenvalue weighted by molar-refractivity contribution is 5.94. The topological polar surface area (TPSA) is 148 Å². The fourth-order valence-corrected chi connectivity index (χ4v) is 3.39. The molecule has 28 heavy (non-hydrogen) atoms. The van der Waals surface area contributed by atoms with Gasteiger partial charge in [-0.1, -0.05) is 27.7 Å². The summed E-state index contributed by atoms with van der Waals surface area (Å²) in [6.07, 6.45) is 2.20. The molecule has 1 aliphatic heterocycles. The van der Waals surface area contributed by atoms with Crippen LogP contribution in [0.4, 0.5) is 0 Å². The molecule has 1 rings (SSSR count). The summed E-state index contributed by atoms with van der Waals surface area (Å²) in [7, 11) is 0. The van der Waals surface area contributed by atoms with Crippen LogP contribution in [0.5, 0.6) is 0 Å². The van der Waals surface area contributed by atoms with E-state index in [0.29, 0.717) is 32.2 Å². The molecule has 0 aromatic rings. The third-order valence-electron chi connectivity index (χ3n) is 4.66. The number of hydrogen-bond donors (Lipinski definition) is 4. The molecule has 0 radical (unpaired) electrons. The molecule has 0 aromatic carbocycles. The molecular weight excluding hydrogens is 362 g/mol. The van der Waals surface area contributed by atoms with Crippen LogP contribution in [0.15, 0.2) is 0 Å². The van der Waals surface area contributed by atoms with Gasteiger partial charge in [0.05, 0.1) is 12.6 Å². The van der Waals surface area contributed by atoms with E-state index in [1.165, 1.54) is 4.90 Å². The van der Waals surface area contributed by atoms with E-state index in [1.807, 2.05) is 27.7 Å². The maximum absolute atomic E-state index is 12.8. The first-order chi connectivity index (χ1) is 13.0. The zero-order valence-corrected chi connectivity index (χ0v) is 17.4. The normalized spacial score (nSPS) is 18.8. The van der Waals surface area contributed by atoms with Crippen molar-refractivity contribution in [3.05, 3.63) is 0 Å². The number of nitrogens with two attached hydrogens (primary N) is 2. The molecule has 0 aliphatic carbocycles. The second-order valence-corrected chi connectivity index (χ2v) is 8.30. The van der Waals surface area contributed by atoms with Crippen LogP contribution in [0.1, 0.15) is 53.4 Å². The maximum atomic E-state index is 12.8. The molecule has 1 fully saturated rings. The Balaban J connectivity index is 2.80. The predicted molar refractivity (Wildman–Crippen MR) is 106 cm³/mol. The molecule has 3 unspecified atom stereocenters. The van der Waals surface area contributed by atoms with Crippen molar-refractivity contribution in [1.29, 1.82) is 0 Å². The van der Waals surface area contributed by atoms with Crippen molar-refractivity contribution >= 4 is 23.6 Å². The first-order valence-corrected chi connectivity index (χ1v) is 9.95. The molecule has 9 nitrogen and oxygen atoms in total. The summed E-state index contributed by atoms with van der Waals surface area (Å²) in [6, 6.07) is -2.07. The zero-order chi connectivity index (χ0) is 21.4. The number of carbonyl (C=O) groups is 4. The molecule has 4 amide bonds. The molecule has 1 saturated heterocycles. The average molecular weight is 398 g/mol. The largest absolute Gasteiger partial charge is 0.368 e. The Morgan fingerprint density at radius 1 is 1.07 bits per heavy atom. The summed E-state index contributed by atoms with van der Waals surface area (Å²) >= 11 is 0. The van der Waals surface area contributed by atoms with Crippen LogP contribution in [0.25, 0.3) is 0 Å². The van der Waals surface area contributed by atoms with Crippen LogP contribution >= 0.6 is 0 Å². The Morgan fingerprint density at radius 3 is 2.21 bits per heavy atom. The molecule has 0 aromatic heterocycles. The molecule has 9 heteroatoms. The minimum Gasteiger partial charge on any atom is -0.368 e. The third kappa shape index (κ3) is 7.46. The van der Waals surface area contributed by atoms with Crippen molar-refractivity contribution in [2.45, 2.75) is 71.5 Å². The number of carbonyl (C=O) groups excluding carboxylic acids is 4. The van der Waals surface area contributed by atoms with Gasteiger partial charge in [0.15, 0.2) is 0 Å². The number of primary amides is 1. The van der Waals surface area contributed by atoms with Gasteiger partial charge in [-0.3, -0.25) is 19.2 Å². The van der Waals surface area contributed by atoms with Gasteiger partial charge in [-0.2, -0.15) is 0 Å². The van der Waals surface area contributed by atoms with E-state index in [2.05, 4.69) is 10.6 Å². The van der Waals surface area contributed by atoms with E-state index in [-0.39, 0.29) is 30.2 Å². The van der Waals surface area contributed by atoms with Crippen molar-refractivity contribution in [3.8, 4) is 0 Å². The van der Waals surface area contributed by atoms with Gasteiger partial charge in [0.2, 0.25) is 23.6 Å². The van der Waals surface area contributed by atoms with E-state index in [1.54, 1.807) is 0 Å². The monoisotopic (exact) mass is 397 g/mol. The second-order valence-electron chi connectivity index (χ2n) is 8.30. The molecule has 160 valence electrons. The Hall–Kier alpha value is -2.16. The van der Waals surface area contributed by atoms with Crippen molar-refractivity contribution < 1.29 is 19.2 Å². The van der Waals surface area contributed by atoms with Gasteiger partial charge in [-0.05, 0) is 37.5 Å². The molecule has 6 N–H and O–H groups in total. The van der Waals surface area contributed by atoms with E-state index < -0.39 is 29.9 Å². The molecule has 1 heterocycles. The highest BCUT2D eigenvalue weighted by atomic mass is 16.2. The Kier molecular flexibility index (Phi) is 9.37. The lowest BCUT2D eigenvalue weighted by Crippen LogP contribution is -2.56. The van der Waals surface area contributed by atoms with Gasteiger partial charge in [0, 0.05) is 6.54 Å². The minimum atomic E-state index is -0.797. The van der Waals surface area contributed by atoms with Gasteiger partial charge in [-0.25, -0.2) is 0 Å². The Morgan fingerprint density at radius 2 is 1.68 bits per heavy atom. The number of likely N-dealkylation sites (tertiary alicyclic amines) is 1. The van der Waals surface area contributed by atoms with E-state index in [0.717, 1.165) is 0 Å². The summed E-state index contributed by atoms with van der Waals surface area (Å²) in [5.41, 5.74) is 11.1. The molecule has 0 saturated carbocycles. The Labute approximate surface area is 166 Å². The van der Waals surface area contributed by atoms with Crippen LogP contribution in [0, 0.1) is 11.8 Å². The number of amides is 4. The lowest BCUT2D eigenvalue weighted by molar-refractivity contribution is -0.140. The number of nitrogens with one attached hydrogen (secondary N) is 2. The van der Waals surface area contributed by atoms with Crippen molar-refractivity contribution in [3.63, 3.8) is 0 Å². The second kappa shape index (κ2) is 11.0. The molecular formula is C19H35N5O4. The standard InChI is InChI=1S/C19H35N5O4/c1-11(2)8-13(20)19(28)24-7-5-6-15(24)18(27)23-14(9-12(3)4)17(26)22-10-16(21)25/h11-15H,5-10,20H2,1-4H3,(H2,21,25)(H,22,26)(H,23,27). The fraction of sp³-hybridized carbons (Fsp3) is 0.789. The average Bonchev–Trinajstić information content (AvgIpc) is 3.06. The van der Waals surface area contributed by atoms with Gasteiger partial charge in [0.1, 0.15) is 12.1 Å². The van der Waals surface area contributed by atoms with E-state index in [4.69, 9.17) is 11.5 Å². The summed E-state index contributed by atoms with van der Waals surface area (Å²) < 4.78 is 0. The van der Waals surface area contributed by atoms with Crippen LogP contribution in [-0.2, 0) is 19.2 Å². The number of nitrogens with zero attached hydrogens (tertiary/aromatic N) is 1. The van der Waals surface area contributed by atoms with Crippen LogP contribution in [-0.4, -0.2) is 59.7 Å². The van der Waals surface area contributed by atoms with Gasteiger partial charge in [-0.15, -0.1) is 0 Å². The first kappa shape index (κ1) is 23.9. The molecule has 0 spiro atoms. The van der Waals surface area contributed by atoms with E-state index >= 15 is 0 Å². The van der Waals surface area contributed by atoms with Gasteiger partial charge in [0.25, 0.3) is 0 Å². The summed E-state index contributed by atoms with van der Waals surface area (Å²) in [4.78, 5) is 50.3. The third-order valence-corrected chi connectivity index (χ3v) is 4.66. The van der Waals surface area contributed by atoms with Gasteiger partial charge < -0.3 is 27.0 Å². The van der Waals surface area contributed by atoms with Crippen LogP contribution in [0.2, 0.25) is 0 Å². The summed E-state index contributed by atoms with van der Waals surface area (Å²) in [5, 5.41) is 5.17. The quantitative estimate of drug-likeness (QED) is 0.392. The number of rotatable bonds is 10. The molecule has 0 bridgehead atoms. The van der Waals surface area contributed by atoms with Crippen molar-refractivity contribution in [2.24, 2.45) is 23.3 Å². The maximum Gasteiger partial charge on any atom is 0.243 e. The smallest absolute Gasteiger partial charge is 0.243 e. The Bertz CT molecular complexity index is 579. The summed E-state index contributed by atoms with van der Waals surface area (Å²) in [5.74, 6) is -1.31. The van der Waals surface area contributed by atoms with Crippen molar-refractivity contribution in [2.75, 3.05) is 13.1 Å². The minimum absolute atomic E-state index is 0.144. The SMILES string of the molecule is CC(C)CC(N)C(=O)N1CCCC1C(=O)NC(CC(C)C)C(=O)NCC(N)=O. The lowest BCUT2D eigenvalue weighted by atomic mass is 10.0. The van der Waals surface area contributed by atoms with Crippen LogP contribution < -0.4 is 22.1 Å².